The first-order chi connectivity index (χ1) is 11.9. The van der Waals surface area contributed by atoms with Crippen molar-refractivity contribution in [3.05, 3.63) is 69.7 Å². The number of carbonyl (C=O) groups excluding carboxylic acids is 1. The van der Waals surface area contributed by atoms with E-state index in [-0.39, 0.29) is 12.0 Å². The average molecular weight is 379 g/mol. The Bertz CT molecular complexity index is 765. The molecule has 1 heterocycles. The van der Waals surface area contributed by atoms with Crippen molar-refractivity contribution in [1.82, 2.24) is 4.90 Å². The molecule has 2 aromatic carbocycles. The molecular formula is C19H20Cl2N2O2. The number of nitrogens with zero attached hydrogens (tertiary/aromatic N) is 1. The lowest BCUT2D eigenvalue weighted by molar-refractivity contribution is -0.144. The summed E-state index contributed by atoms with van der Waals surface area (Å²) in [6.45, 7) is 3.13. The second kappa shape index (κ2) is 7.34. The molecule has 1 amide bonds. The van der Waals surface area contributed by atoms with Gasteiger partial charge in [-0.25, -0.2) is 0 Å². The van der Waals surface area contributed by atoms with Crippen molar-refractivity contribution < 1.29 is 9.53 Å². The van der Waals surface area contributed by atoms with Crippen LogP contribution in [0.5, 0.6) is 0 Å². The zero-order valence-electron chi connectivity index (χ0n) is 13.9. The van der Waals surface area contributed by atoms with Gasteiger partial charge >= 0.3 is 0 Å². The van der Waals surface area contributed by atoms with Gasteiger partial charge in [-0.2, -0.15) is 0 Å². The molecule has 0 aromatic heterocycles. The monoisotopic (exact) mass is 378 g/mol. The second-order valence-corrected chi connectivity index (χ2v) is 7.17. The van der Waals surface area contributed by atoms with Crippen LogP contribution in [-0.4, -0.2) is 30.5 Å². The number of rotatable bonds is 3. The Morgan fingerprint density at radius 3 is 2.60 bits per heavy atom. The first-order valence-corrected chi connectivity index (χ1v) is 8.85. The molecule has 25 heavy (non-hydrogen) atoms. The van der Waals surface area contributed by atoms with E-state index in [2.05, 4.69) is 0 Å². The topological polar surface area (TPSA) is 55.6 Å². The molecule has 0 radical (unpaired) electrons. The third-order valence-electron chi connectivity index (χ3n) is 4.49. The number of hydrogen-bond donors (Lipinski definition) is 1. The number of benzene rings is 2. The molecular weight excluding hydrogens is 359 g/mol. The minimum absolute atomic E-state index is 0.118. The van der Waals surface area contributed by atoms with E-state index in [0.717, 1.165) is 11.1 Å². The van der Waals surface area contributed by atoms with Gasteiger partial charge < -0.3 is 15.4 Å². The summed E-state index contributed by atoms with van der Waals surface area (Å²) in [5.41, 5.74) is 6.97. The van der Waals surface area contributed by atoms with E-state index in [1.54, 1.807) is 24.0 Å². The summed E-state index contributed by atoms with van der Waals surface area (Å²) in [5, 5.41) is 0.965. The van der Waals surface area contributed by atoms with Crippen molar-refractivity contribution in [2.24, 2.45) is 5.73 Å². The molecule has 4 nitrogen and oxygen atoms in total. The molecule has 2 aromatic rings. The van der Waals surface area contributed by atoms with Crippen LogP contribution in [0.3, 0.4) is 0 Å². The fourth-order valence-corrected chi connectivity index (χ4v) is 3.29. The Morgan fingerprint density at radius 2 is 1.92 bits per heavy atom. The number of morpholine rings is 1. The van der Waals surface area contributed by atoms with Crippen molar-refractivity contribution in [1.29, 1.82) is 0 Å². The van der Waals surface area contributed by atoms with Crippen LogP contribution in [-0.2, 0) is 15.1 Å². The largest absolute Gasteiger partial charge is 0.370 e. The highest BCUT2D eigenvalue weighted by Crippen LogP contribution is 2.30. The highest BCUT2D eigenvalue weighted by atomic mass is 35.5. The summed E-state index contributed by atoms with van der Waals surface area (Å²) in [6, 6.07) is 14.8. The molecule has 3 rings (SSSR count). The van der Waals surface area contributed by atoms with Gasteiger partial charge in [0.05, 0.1) is 23.2 Å². The normalized spacial score (nSPS) is 20.2. The van der Waals surface area contributed by atoms with E-state index >= 15 is 0 Å². The van der Waals surface area contributed by atoms with Gasteiger partial charge in [-0.05, 0) is 30.2 Å². The van der Waals surface area contributed by atoms with Crippen LogP contribution in [0, 0.1) is 0 Å². The van der Waals surface area contributed by atoms with Crippen molar-refractivity contribution in [3.8, 4) is 0 Å². The van der Waals surface area contributed by atoms with Crippen LogP contribution in [0.15, 0.2) is 48.5 Å². The van der Waals surface area contributed by atoms with Crippen LogP contribution < -0.4 is 5.73 Å². The molecule has 0 aliphatic carbocycles. The van der Waals surface area contributed by atoms with Crippen LogP contribution >= 0.6 is 23.2 Å². The van der Waals surface area contributed by atoms with E-state index in [0.29, 0.717) is 29.7 Å². The number of nitrogens with two attached hydrogens (primary N) is 1. The standard InChI is InChI=1S/C19H20Cl2N2O2/c1-19(22,14-5-3-2-4-6-14)18(24)23-9-10-25-17(12-23)13-7-8-15(20)16(21)11-13/h2-8,11,17H,9-10,12,22H2,1H3. The summed E-state index contributed by atoms with van der Waals surface area (Å²) in [5.74, 6) is -0.118. The van der Waals surface area contributed by atoms with E-state index in [1.807, 2.05) is 36.4 Å². The number of carbonyl (C=O) groups is 1. The summed E-state index contributed by atoms with van der Waals surface area (Å²) >= 11 is 12.1. The molecule has 2 N–H and O–H groups in total. The van der Waals surface area contributed by atoms with Crippen LogP contribution in [0.2, 0.25) is 10.0 Å². The smallest absolute Gasteiger partial charge is 0.247 e. The zero-order chi connectivity index (χ0) is 18.0. The average Bonchev–Trinajstić information content (AvgIpc) is 2.64. The molecule has 0 spiro atoms. The van der Waals surface area contributed by atoms with Crippen molar-refractivity contribution >= 4 is 29.1 Å². The molecule has 1 aliphatic rings. The van der Waals surface area contributed by atoms with Gasteiger partial charge in [0.1, 0.15) is 11.6 Å². The number of ether oxygens (including phenoxy) is 1. The fourth-order valence-electron chi connectivity index (χ4n) is 2.98. The van der Waals surface area contributed by atoms with Gasteiger partial charge in [-0.3, -0.25) is 4.79 Å². The Balaban J connectivity index is 1.78. The number of hydrogen-bond acceptors (Lipinski definition) is 3. The molecule has 6 heteroatoms. The first-order valence-electron chi connectivity index (χ1n) is 8.10. The highest BCUT2D eigenvalue weighted by Gasteiger charge is 2.37. The van der Waals surface area contributed by atoms with Gasteiger partial charge in [0, 0.05) is 6.54 Å². The summed E-state index contributed by atoms with van der Waals surface area (Å²) < 4.78 is 5.82. The number of amides is 1. The predicted molar refractivity (Wildman–Crippen MR) is 99.7 cm³/mol. The van der Waals surface area contributed by atoms with E-state index in [1.165, 1.54) is 0 Å². The lowest BCUT2D eigenvalue weighted by Gasteiger charge is -2.38. The van der Waals surface area contributed by atoms with Crippen molar-refractivity contribution in [3.63, 3.8) is 0 Å². The van der Waals surface area contributed by atoms with Gasteiger partial charge in [0.25, 0.3) is 0 Å². The minimum atomic E-state index is -1.08. The van der Waals surface area contributed by atoms with Crippen LogP contribution in [0.1, 0.15) is 24.2 Å². The molecule has 132 valence electrons. The van der Waals surface area contributed by atoms with Gasteiger partial charge in [-0.15, -0.1) is 0 Å². The molecule has 1 fully saturated rings. The lowest BCUT2D eigenvalue weighted by Crippen LogP contribution is -2.54. The Kier molecular flexibility index (Phi) is 5.35. The Morgan fingerprint density at radius 1 is 1.20 bits per heavy atom. The third-order valence-corrected chi connectivity index (χ3v) is 5.23. The molecule has 1 aliphatic heterocycles. The third kappa shape index (κ3) is 3.82. The summed E-state index contributed by atoms with van der Waals surface area (Å²) in [4.78, 5) is 14.8. The van der Waals surface area contributed by atoms with Gasteiger partial charge in [-0.1, -0.05) is 59.6 Å². The van der Waals surface area contributed by atoms with E-state index < -0.39 is 5.54 Å². The maximum Gasteiger partial charge on any atom is 0.247 e. The summed E-state index contributed by atoms with van der Waals surface area (Å²) in [7, 11) is 0. The van der Waals surface area contributed by atoms with E-state index in [4.69, 9.17) is 33.7 Å². The second-order valence-electron chi connectivity index (χ2n) is 6.35. The van der Waals surface area contributed by atoms with Crippen molar-refractivity contribution in [2.45, 2.75) is 18.6 Å². The lowest BCUT2D eigenvalue weighted by atomic mass is 9.91. The Hall–Kier alpha value is -1.59. The number of halogens is 2. The molecule has 2 atom stereocenters. The maximum atomic E-state index is 13.0. The van der Waals surface area contributed by atoms with Gasteiger partial charge in [0.2, 0.25) is 5.91 Å². The van der Waals surface area contributed by atoms with Gasteiger partial charge in [0.15, 0.2) is 0 Å². The Labute approximate surface area is 157 Å². The van der Waals surface area contributed by atoms with Crippen LogP contribution in [0.4, 0.5) is 0 Å². The quantitative estimate of drug-likeness (QED) is 0.884. The zero-order valence-corrected chi connectivity index (χ0v) is 15.4. The molecule has 1 saturated heterocycles. The molecule has 0 bridgehead atoms. The SMILES string of the molecule is CC(N)(C(=O)N1CCOC(c2ccc(Cl)c(Cl)c2)C1)c1ccccc1. The maximum absolute atomic E-state index is 13.0. The van der Waals surface area contributed by atoms with E-state index in [9.17, 15) is 4.79 Å². The highest BCUT2D eigenvalue weighted by molar-refractivity contribution is 6.42. The predicted octanol–water partition coefficient (Wildman–Crippen LogP) is 3.77. The molecule has 0 saturated carbocycles. The first kappa shape index (κ1) is 18.2. The molecule has 2 unspecified atom stereocenters. The summed E-state index contributed by atoms with van der Waals surface area (Å²) in [6.07, 6.45) is -0.251. The van der Waals surface area contributed by atoms with Crippen molar-refractivity contribution in [2.75, 3.05) is 19.7 Å². The van der Waals surface area contributed by atoms with Crippen LogP contribution in [0.25, 0.3) is 0 Å². The minimum Gasteiger partial charge on any atom is -0.370 e. The fraction of sp³-hybridized carbons (Fsp3) is 0.316.